The molecule has 0 fully saturated rings. The highest BCUT2D eigenvalue weighted by molar-refractivity contribution is 5.81. The Hall–Kier alpha value is -3.38. The third-order valence-electron chi connectivity index (χ3n) is 4.80. The molecule has 0 aliphatic heterocycles. The number of rotatable bonds is 16. The lowest BCUT2D eigenvalue weighted by molar-refractivity contribution is -0.137. The van der Waals surface area contributed by atoms with Gasteiger partial charge in [-0.25, -0.2) is 14.4 Å². The molecule has 0 aromatic heterocycles. The Labute approximate surface area is 217 Å². The summed E-state index contributed by atoms with van der Waals surface area (Å²) in [5.41, 5.74) is -5.22. The monoisotopic (exact) mass is 556 g/mol. The van der Waals surface area contributed by atoms with E-state index in [-0.39, 0.29) is 6.42 Å². The van der Waals surface area contributed by atoms with E-state index >= 15 is 0 Å². The molecule has 0 saturated heterocycles. The highest BCUT2D eigenvalue weighted by Crippen LogP contribution is 2.37. The lowest BCUT2D eigenvalue weighted by Gasteiger charge is -2.43. The van der Waals surface area contributed by atoms with Crippen LogP contribution < -0.4 is 0 Å². The number of carbonyl (C=O) groups is 4. The molecule has 0 radical (unpaired) electrons. The van der Waals surface area contributed by atoms with Crippen molar-refractivity contribution in [3.05, 3.63) is 36.6 Å². The maximum Gasteiger partial charge on any atom is 0.331 e. The number of hydrogen-bond acceptors (Lipinski definition) is 12. The molecule has 0 spiro atoms. The average Bonchev–Trinajstić information content (AvgIpc) is 2.89. The molecule has 0 rings (SSSR count). The largest absolute Gasteiger partial charge is 0.486 e. The van der Waals surface area contributed by atoms with Gasteiger partial charge in [0.1, 0.15) is 0 Å². The molecule has 0 aromatic carbocycles. The van der Waals surface area contributed by atoms with Gasteiger partial charge in [0.05, 0.1) is 69.4 Å². The van der Waals surface area contributed by atoms with Gasteiger partial charge in [0.15, 0.2) is 5.60 Å². The summed E-state index contributed by atoms with van der Waals surface area (Å²) in [5.74, 6) is -5.09. The highest BCUT2D eigenvalue weighted by atomic mass is 16.5. The molecule has 0 aliphatic rings. The zero-order valence-electron chi connectivity index (χ0n) is 20.6. The molecule has 0 bridgehead atoms. The third-order valence-corrected chi connectivity index (χ3v) is 4.80. The smallest absolute Gasteiger partial charge is 0.331 e. The number of carboxylic acids is 4. The molecular formula is C22H36O16. The molecule has 0 aromatic rings. The number of ether oxygens (including phenoxy) is 1. The molecule has 11 N–H and O–H groups in total. The minimum Gasteiger partial charge on any atom is -0.486 e. The molecule has 0 aliphatic carbocycles. The first-order chi connectivity index (χ1) is 17.7. The fourth-order valence-corrected chi connectivity index (χ4v) is 2.03. The number of aliphatic carboxylic acids is 4. The van der Waals surface area contributed by atoms with E-state index in [0.29, 0.717) is 24.5 Å². The normalized spacial score (nSPS) is 13.3. The summed E-state index contributed by atoms with van der Waals surface area (Å²) in [6.07, 6.45) is 3.99. The first kappa shape index (κ1) is 39.1. The fraction of sp³-hybridized carbons (Fsp3) is 0.545. The van der Waals surface area contributed by atoms with Crippen molar-refractivity contribution in [2.45, 2.75) is 18.9 Å². The number of aliphatic hydroxyl groups excluding tert-OH is 7. The second-order valence-electron chi connectivity index (χ2n) is 7.53. The van der Waals surface area contributed by atoms with E-state index in [1.54, 1.807) is 6.92 Å². The van der Waals surface area contributed by atoms with Gasteiger partial charge in [0.25, 0.3) is 0 Å². The van der Waals surface area contributed by atoms with Gasteiger partial charge in [-0.3, -0.25) is 4.79 Å². The first-order valence-corrected chi connectivity index (χ1v) is 10.6. The van der Waals surface area contributed by atoms with Crippen molar-refractivity contribution in [3.8, 4) is 0 Å². The van der Waals surface area contributed by atoms with Gasteiger partial charge in [-0.2, -0.15) is 0 Å². The fourth-order valence-electron chi connectivity index (χ4n) is 2.03. The van der Waals surface area contributed by atoms with E-state index in [1.165, 1.54) is 0 Å². The van der Waals surface area contributed by atoms with Crippen LogP contribution in [0, 0.1) is 10.8 Å². The van der Waals surface area contributed by atoms with Crippen LogP contribution in [0.4, 0.5) is 0 Å². The Morgan fingerprint density at radius 1 is 0.605 bits per heavy atom. The number of aliphatic hydroxyl groups is 7. The van der Waals surface area contributed by atoms with Crippen molar-refractivity contribution in [1.29, 1.82) is 0 Å². The van der Waals surface area contributed by atoms with E-state index in [0.717, 1.165) is 12.2 Å². The van der Waals surface area contributed by atoms with Crippen LogP contribution in [0.25, 0.3) is 0 Å². The zero-order valence-corrected chi connectivity index (χ0v) is 20.6. The molecule has 0 amide bonds. The van der Waals surface area contributed by atoms with E-state index in [4.69, 9.17) is 45.6 Å². The molecule has 220 valence electrons. The van der Waals surface area contributed by atoms with Crippen LogP contribution in [0.3, 0.4) is 0 Å². The van der Waals surface area contributed by atoms with Crippen LogP contribution in [-0.4, -0.2) is 132 Å². The average molecular weight is 557 g/mol. The molecule has 38 heavy (non-hydrogen) atoms. The first-order valence-electron chi connectivity index (χ1n) is 10.6. The van der Waals surface area contributed by atoms with Gasteiger partial charge in [-0.1, -0.05) is 6.92 Å². The summed E-state index contributed by atoms with van der Waals surface area (Å²) in [6, 6.07) is 0. The zero-order chi connectivity index (χ0) is 30.4. The van der Waals surface area contributed by atoms with Crippen molar-refractivity contribution in [1.82, 2.24) is 0 Å². The Morgan fingerprint density at radius 2 is 0.921 bits per heavy atom. The maximum atomic E-state index is 10.8. The third kappa shape index (κ3) is 14.4. The van der Waals surface area contributed by atoms with Crippen molar-refractivity contribution < 1.29 is 80.1 Å². The molecule has 0 saturated carbocycles. The van der Waals surface area contributed by atoms with Crippen LogP contribution >= 0.6 is 0 Å². The van der Waals surface area contributed by atoms with Crippen LogP contribution in [0.1, 0.15) is 13.3 Å². The van der Waals surface area contributed by atoms with Crippen LogP contribution in [-0.2, 0) is 23.9 Å². The van der Waals surface area contributed by atoms with Gasteiger partial charge in [-0.15, -0.1) is 0 Å². The summed E-state index contributed by atoms with van der Waals surface area (Å²) in [5, 5.41) is 96.5. The van der Waals surface area contributed by atoms with Crippen LogP contribution in [0.5, 0.6) is 0 Å². The summed E-state index contributed by atoms with van der Waals surface area (Å²) in [6.45, 7) is -2.83. The minimum atomic E-state index is -2.16. The SMILES string of the molecule is CCC(=O)O.O=C(O)C=COC(C=CC(=O)O)(C=CC(=O)O)C(CO)(CO)CO.OCC(CO)(CO)CO. The molecule has 0 unspecified atom stereocenters. The minimum absolute atomic E-state index is 0.222. The Bertz CT molecular complexity index is 743. The van der Waals surface area contributed by atoms with E-state index in [1.807, 2.05) is 0 Å². The van der Waals surface area contributed by atoms with Crippen LogP contribution in [0.2, 0.25) is 0 Å². The predicted molar refractivity (Wildman–Crippen MR) is 127 cm³/mol. The standard InChI is InChI=1S/C14H18O10.C5H12O4.C3H6O2/c15-7-13(8-16,9-17)14(4-1-10(18)19,5-2-11(20)21)24-6-3-12(22)23;6-1-5(2-7,3-8)4-9;1-2-3(4)5/h1-6,15-17H,7-9H2,(H,18,19)(H,20,21)(H,22,23);6-9H,1-4H2;2H2,1H3,(H,4,5). The molecule has 0 heterocycles. The van der Waals surface area contributed by atoms with Crippen molar-refractivity contribution in [2.24, 2.45) is 10.8 Å². The predicted octanol–water partition coefficient (Wildman–Crippen LogP) is -2.99. The lowest BCUT2D eigenvalue weighted by atomic mass is 9.72. The second kappa shape index (κ2) is 20.7. The Morgan fingerprint density at radius 3 is 1.11 bits per heavy atom. The molecule has 16 heteroatoms. The highest BCUT2D eigenvalue weighted by Gasteiger charge is 2.50. The van der Waals surface area contributed by atoms with Gasteiger partial charge >= 0.3 is 23.9 Å². The van der Waals surface area contributed by atoms with Crippen molar-refractivity contribution >= 4 is 23.9 Å². The molecule has 16 nitrogen and oxygen atoms in total. The quantitative estimate of drug-likeness (QED) is 0.0667. The van der Waals surface area contributed by atoms with Gasteiger partial charge in [-0.05, 0) is 12.2 Å². The summed E-state index contributed by atoms with van der Waals surface area (Å²) >= 11 is 0. The Kier molecular flexibility index (Phi) is 21.3. The van der Waals surface area contributed by atoms with Gasteiger partial charge < -0.3 is 60.9 Å². The summed E-state index contributed by atoms with van der Waals surface area (Å²) in [4.78, 5) is 41.5. The second-order valence-corrected chi connectivity index (χ2v) is 7.53. The van der Waals surface area contributed by atoms with Gasteiger partial charge in [0, 0.05) is 18.6 Å². The number of carboxylic acid groups (broad SMARTS) is 4. The van der Waals surface area contributed by atoms with E-state index < -0.39 is 86.6 Å². The van der Waals surface area contributed by atoms with Crippen molar-refractivity contribution in [2.75, 3.05) is 46.2 Å². The summed E-state index contributed by atoms with van der Waals surface area (Å²) in [7, 11) is 0. The Balaban J connectivity index is -0.000000714. The maximum absolute atomic E-state index is 10.8. The lowest BCUT2D eigenvalue weighted by Crippen LogP contribution is -2.54. The van der Waals surface area contributed by atoms with Crippen molar-refractivity contribution in [3.63, 3.8) is 0 Å². The number of hydrogen-bond donors (Lipinski definition) is 11. The van der Waals surface area contributed by atoms with Crippen LogP contribution in [0.15, 0.2) is 36.6 Å². The van der Waals surface area contributed by atoms with E-state index in [9.17, 15) is 34.5 Å². The van der Waals surface area contributed by atoms with Gasteiger partial charge in [0.2, 0.25) is 0 Å². The summed E-state index contributed by atoms with van der Waals surface area (Å²) < 4.78 is 5.14. The molecule has 0 atom stereocenters. The molecular weight excluding hydrogens is 520 g/mol. The van der Waals surface area contributed by atoms with E-state index in [2.05, 4.69) is 0 Å². The topological polar surface area (TPSA) is 300 Å².